The maximum atomic E-state index is 15.3. The van der Waals surface area contributed by atoms with Crippen molar-refractivity contribution in [3.63, 3.8) is 0 Å². The van der Waals surface area contributed by atoms with Crippen molar-refractivity contribution in [1.29, 1.82) is 0 Å². The summed E-state index contributed by atoms with van der Waals surface area (Å²) < 4.78 is 28.7. The minimum absolute atomic E-state index is 0.109. The number of Topliss-reactive ketones (excluding diaryl/α,β-unsaturated/α-hetero) is 1. The van der Waals surface area contributed by atoms with Crippen LogP contribution >= 0.6 is 0 Å². The fourth-order valence-corrected chi connectivity index (χ4v) is 9.67. The van der Waals surface area contributed by atoms with Crippen LogP contribution in [0, 0.1) is 11.3 Å². The van der Waals surface area contributed by atoms with Gasteiger partial charge in [0, 0.05) is 31.4 Å². The van der Waals surface area contributed by atoms with Crippen molar-refractivity contribution in [2.24, 2.45) is 11.3 Å². The molecule has 1 aliphatic heterocycles. The van der Waals surface area contributed by atoms with Gasteiger partial charge in [0.2, 0.25) is 5.79 Å². The molecule has 8 N–H and O–H groups in total. The van der Waals surface area contributed by atoms with Crippen molar-refractivity contribution >= 4 is 35.6 Å². The zero-order valence-electron chi connectivity index (χ0n) is 34.8. The van der Waals surface area contributed by atoms with Crippen molar-refractivity contribution in [3.05, 3.63) is 113 Å². The molecule has 12 atom stereocenters. The number of hydrogen-bond acceptors (Lipinski definition) is 18. The number of nitrogens with one attached hydrogen (secondary N) is 1. The van der Waals surface area contributed by atoms with E-state index >= 15 is 4.79 Å². The summed E-state index contributed by atoms with van der Waals surface area (Å²) in [4.78, 5) is 82.8. The zero-order valence-corrected chi connectivity index (χ0v) is 34.8. The Hall–Kier alpha value is -6.06. The van der Waals surface area contributed by atoms with Crippen LogP contribution in [0.5, 0.6) is 5.75 Å². The minimum atomic E-state index is -3.77. The lowest BCUT2D eigenvalue weighted by molar-refractivity contribution is -0.382. The summed E-state index contributed by atoms with van der Waals surface area (Å²) in [7, 11) is 0. The molecule has 1 amide bonds. The van der Waals surface area contributed by atoms with E-state index in [9.17, 15) is 59.7 Å². The molecular formula is C45H47NO18. The van der Waals surface area contributed by atoms with Gasteiger partial charge in [0.1, 0.15) is 30.2 Å². The van der Waals surface area contributed by atoms with Gasteiger partial charge in [-0.1, -0.05) is 48.5 Å². The maximum Gasteiger partial charge on any atom is 0.338 e. The summed E-state index contributed by atoms with van der Waals surface area (Å²) in [6, 6.07) is 18.3. The second kappa shape index (κ2) is 16.8. The van der Waals surface area contributed by atoms with E-state index in [0.29, 0.717) is 0 Å². The molecule has 4 aliphatic rings. The predicted molar refractivity (Wildman–Crippen MR) is 214 cm³/mol. The predicted octanol–water partition coefficient (Wildman–Crippen LogP) is 0.0668. The summed E-state index contributed by atoms with van der Waals surface area (Å²) in [5.74, 6) is -13.1. The van der Waals surface area contributed by atoms with Gasteiger partial charge in [0.25, 0.3) is 5.91 Å². The van der Waals surface area contributed by atoms with E-state index in [1.807, 2.05) is 0 Å². The van der Waals surface area contributed by atoms with Gasteiger partial charge in [-0.3, -0.25) is 19.2 Å². The molecule has 3 fully saturated rings. The van der Waals surface area contributed by atoms with Crippen LogP contribution in [-0.2, 0) is 42.9 Å². The average Bonchev–Trinajstić information content (AvgIpc) is 3.24. The summed E-state index contributed by atoms with van der Waals surface area (Å²) in [5.41, 5.74) is -9.60. The third-order valence-corrected chi connectivity index (χ3v) is 12.8. The number of aliphatic hydroxyl groups excluding tert-OH is 3. The number of hydrogen-bond donors (Lipinski definition) is 8. The van der Waals surface area contributed by atoms with Crippen LogP contribution in [0.1, 0.15) is 66.4 Å². The third-order valence-electron chi connectivity index (χ3n) is 12.8. The molecule has 0 radical (unpaired) electrons. The van der Waals surface area contributed by atoms with Crippen LogP contribution in [0.2, 0.25) is 0 Å². The SMILES string of the molecule is CC(=O)OC1C(=O)C2(C)C(O)C(O)C3OCC3(OC(C)=O)C2C(OC(=O)c2ccccc2)C2(O)CC(OC(=O)C(O)C(NC(=O)c3ccccc3)c3ccc(O)cc3)C(C)=C1C2(O)O. The van der Waals surface area contributed by atoms with E-state index in [0.717, 1.165) is 27.7 Å². The Kier molecular flexibility index (Phi) is 12.1. The lowest BCUT2D eigenvalue weighted by Gasteiger charge is -2.67. The van der Waals surface area contributed by atoms with Gasteiger partial charge in [-0.15, -0.1) is 0 Å². The molecule has 2 bridgehead atoms. The summed E-state index contributed by atoms with van der Waals surface area (Å²) in [6.45, 7) is 3.37. The van der Waals surface area contributed by atoms with Crippen molar-refractivity contribution < 1.29 is 88.2 Å². The first-order chi connectivity index (χ1) is 30.1. The number of ether oxygens (including phenoxy) is 5. The van der Waals surface area contributed by atoms with E-state index in [-0.39, 0.29) is 22.4 Å². The van der Waals surface area contributed by atoms with E-state index < -0.39 is 137 Å². The van der Waals surface area contributed by atoms with Gasteiger partial charge in [-0.25, -0.2) is 9.59 Å². The fourth-order valence-electron chi connectivity index (χ4n) is 9.67. The van der Waals surface area contributed by atoms with Crippen LogP contribution < -0.4 is 5.32 Å². The zero-order chi connectivity index (χ0) is 46.7. The average molecular weight is 890 g/mol. The Bertz CT molecular complexity index is 2370. The normalized spacial score (nSPS) is 32.4. The molecule has 64 heavy (non-hydrogen) atoms. The standard InChI is InChI=1S/C45H47NO18/c1-21-28(62-41(56)31(50)30(24-15-17-27(49)18-16-24)46-39(54)25-11-7-5-8-12-25)19-44(57)38(63-40(55)26-13-9-6-10-14-26)34-42(4,36(53)33(61-22(2)47)29(21)45(44,58)59)35(52)32(51)37-43(34,20-60-37)64-23(3)48/h5-18,28,30-35,37-38,49-52,57-59H,19-20H2,1-4H3,(H,46,54). The van der Waals surface area contributed by atoms with Crippen molar-refractivity contribution in [2.45, 2.75) is 99.9 Å². The number of amides is 1. The minimum Gasteiger partial charge on any atom is -0.508 e. The first-order valence-electron chi connectivity index (χ1n) is 20.2. The van der Waals surface area contributed by atoms with E-state index in [4.69, 9.17) is 23.7 Å². The van der Waals surface area contributed by atoms with Crippen LogP contribution in [0.4, 0.5) is 0 Å². The quantitative estimate of drug-likeness (QED) is 0.0578. The largest absolute Gasteiger partial charge is 0.508 e. The highest BCUT2D eigenvalue weighted by atomic mass is 16.6. The summed E-state index contributed by atoms with van der Waals surface area (Å²) >= 11 is 0. The molecule has 7 rings (SSSR count). The highest BCUT2D eigenvalue weighted by Gasteiger charge is 2.81. The molecule has 0 spiro atoms. The van der Waals surface area contributed by atoms with Gasteiger partial charge < -0.3 is 64.7 Å². The third kappa shape index (κ3) is 7.41. The monoisotopic (exact) mass is 889 g/mol. The van der Waals surface area contributed by atoms with Crippen molar-refractivity contribution in [1.82, 2.24) is 5.32 Å². The Morgan fingerprint density at radius 1 is 0.828 bits per heavy atom. The lowest BCUT2D eigenvalue weighted by Crippen LogP contribution is -2.86. The van der Waals surface area contributed by atoms with Gasteiger partial charge in [-0.05, 0) is 61.4 Å². The topological polar surface area (TPSA) is 302 Å². The number of phenolic OH excluding ortho intramolecular Hbond substituents is 1. The Morgan fingerprint density at radius 3 is 1.97 bits per heavy atom. The number of benzene rings is 3. The Balaban J connectivity index is 1.40. The molecule has 3 aromatic carbocycles. The van der Waals surface area contributed by atoms with E-state index in [2.05, 4.69) is 5.32 Å². The van der Waals surface area contributed by atoms with Crippen molar-refractivity contribution in [3.8, 4) is 5.75 Å². The molecule has 1 heterocycles. The van der Waals surface area contributed by atoms with Gasteiger partial charge in [0.05, 0.1) is 35.6 Å². The highest BCUT2D eigenvalue weighted by molar-refractivity contribution is 5.96. The number of esters is 4. The second-order valence-corrected chi connectivity index (χ2v) is 16.7. The molecule has 1 saturated heterocycles. The van der Waals surface area contributed by atoms with Gasteiger partial charge in [0.15, 0.2) is 29.2 Å². The van der Waals surface area contributed by atoms with Crippen molar-refractivity contribution in [2.75, 3.05) is 6.61 Å². The van der Waals surface area contributed by atoms with E-state index in [1.54, 1.807) is 24.3 Å². The molecule has 3 aromatic rings. The number of carbonyl (C=O) groups excluding carboxylic acids is 6. The van der Waals surface area contributed by atoms with Gasteiger partial charge >= 0.3 is 23.9 Å². The molecule has 3 aliphatic carbocycles. The molecule has 12 unspecified atom stereocenters. The smallest absolute Gasteiger partial charge is 0.338 e. The van der Waals surface area contributed by atoms with Crippen LogP contribution in [-0.4, -0.2) is 138 Å². The molecule has 19 nitrogen and oxygen atoms in total. The molecular weight excluding hydrogens is 842 g/mol. The highest BCUT2D eigenvalue weighted by Crippen LogP contribution is 2.62. The lowest BCUT2D eigenvalue weighted by atomic mass is 9.47. The molecule has 19 heteroatoms. The Labute approximate surface area is 364 Å². The number of rotatable bonds is 10. The van der Waals surface area contributed by atoms with Crippen LogP contribution in [0.3, 0.4) is 0 Å². The number of phenols is 1. The first-order valence-corrected chi connectivity index (χ1v) is 20.2. The van der Waals surface area contributed by atoms with Crippen LogP contribution in [0.15, 0.2) is 96.1 Å². The number of fused-ring (bicyclic) bond motifs is 5. The molecule has 0 aromatic heterocycles. The van der Waals surface area contributed by atoms with Gasteiger partial charge in [-0.2, -0.15) is 0 Å². The van der Waals surface area contributed by atoms with E-state index in [1.165, 1.54) is 60.7 Å². The fraction of sp³-hybridized carbons (Fsp3) is 0.422. The number of aliphatic hydroxyl groups is 6. The summed E-state index contributed by atoms with van der Waals surface area (Å²) in [6.07, 6.45) is -16.2. The number of carbonyl (C=O) groups is 6. The Morgan fingerprint density at radius 2 is 1.42 bits per heavy atom. The molecule has 340 valence electrons. The van der Waals surface area contributed by atoms with Crippen LogP contribution in [0.25, 0.3) is 0 Å². The second-order valence-electron chi connectivity index (χ2n) is 16.7. The molecule has 2 saturated carbocycles. The maximum absolute atomic E-state index is 15.3. The first kappa shape index (κ1) is 45.9. The number of aromatic hydroxyl groups is 1. The number of ketones is 1. The summed E-state index contributed by atoms with van der Waals surface area (Å²) in [5, 5.41) is 85.7.